The summed E-state index contributed by atoms with van der Waals surface area (Å²) in [6.07, 6.45) is 6.77. The summed E-state index contributed by atoms with van der Waals surface area (Å²) in [5, 5.41) is 4.63. The lowest BCUT2D eigenvalue weighted by Crippen LogP contribution is -2.43. The van der Waals surface area contributed by atoms with Crippen LogP contribution in [0.1, 0.15) is 43.3 Å². The van der Waals surface area contributed by atoms with Crippen molar-refractivity contribution in [2.45, 2.75) is 51.6 Å². The van der Waals surface area contributed by atoms with Gasteiger partial charge in [0.2, 0.25) is 5.91 Å². The molecule has 1 N–H and O–H groups in total. The number of thiazole rings is 1. The molecule has 2 atom stereocenters. The topological polar surface area (TPSA) is 45.2 Å². The lowest BCUT2D eigenvalue weighted by molar-refractivity contribution is -0.131. The number of likely N-dealkylation sites (tertiary alicyclic amines) is 1. The second-order valence-corrected chi connectivity index (χ2v) is 10.1. The molecule has 0 saturated carbocycles. The first kappa shape index (κ1) is 16.4. The van der Waals surface area contributed by atoms with E-state index >= 15 is 0 Å². The number of carbonyl (C=O) groups is 1. The predicted octanol–water partition coefficient (Wildman–Crippen LogP) is 2.45. The van der Waals surface area contributed by atoms with Gasteiger partial charge in [0.05, 0.1) is 21.0 Å². The van der Waals surface area contributed by atoms with Gasteiger partial charge in [-0.3, -0.25) is 4.79 Å². The SMILES string of the molecule is CCCc1nc(C)sc1[P@@]1CNCC1C(=O)N1CCCCC1. The van der Waals surface area contributed by atoms with Gasteiger partial charge in [-0.2, -0.15) is 0 Å². The Morgan fingerprint density at radius 1 is 1.41 bits per heavy atom. The second-order valence-electron chi connectivity index (χ2n) is 6.22. The Balaban J connectivity index is 1.79. The van der Waals surface area contributed by atoms with Gasteiger partial charge in [0.1, 0.15) is 0 Å². The quantitative estimate of drug-likeness (QED) is 0.857. The van der Waals surface area contributed by atoms with Crippen molar-refractivity contribution < 1.29 is 4.79 Å². The van der Waals surface area contributed by atoms with E-state index in [4.69, 9.17) is 4.98 Å². The first-order valence-electron chi connectivity index (χ1n) is 8.43. The van der Waals surface area contributed by atoms with Gasteiger partial charge in [-0.1, -0.05) is 13.3 Å². The molecule has 2 aliphatic heterocycles. The van der Waals surface area contributed by atoms with E-state index in [-0.39, 0.29) is 5.66 Å². The highest BCUT2D eigenvalue weighted by Gasteiger charge is 2.38. The summed E-state index contributed by atoms with van der Waals surface area (Å²) in [6.45, 7) is 7.07. The molecule has 22 heavy (non-hydrogen) atoms. The molecule has 0 bridgehead atoms. The number of hydrogen-bond acceptors (Lipinski definition) is 4. The Labute approximate surface area is 138 Å². The van der Waals surface area contributed by atoms with Crippen LogP contribution in [-0.4, -0.2) is 47.4 Å². The Bertz CT molecular complexity index is 527. The minimum Gasteiger partial charge on any atom is -0.342 e. The molecule has 2 fully saturated rings. The first-order chi connectivity index (χ1) is 10.7. The molecule has 6 heteroatoms. The van der Waals surface area contributed by atoms with Gasteiger partial charge in [-0.05, 0) is 40.5 Å². The number of nitrogens with one attached hydrogen (secondary N) is 1. The zero-order valence-corrected chi connectivity index (χ0v) is 15.3. The zero-order chi connectivity index (χ0) is 15.5. The van der Waals surface area contributed by atoms with Crippen LogP contribution in [0, 0.1) is 6.92 Å². The molecule has 0 aromatic carbocycles. The molecule has 1 unspecified atom stereocenters. The van der Waals surface area contributed by atoms with Crippen LogP contribution in [0.2, 0.25) is 0 Å². The normalized spacial score (nSPS) is 25.6. The molecule has 1 aromatic rings. The van der Waals surface area contributed by atoms with Crippen molar-refractivity contribution in [3.05, 3.63) is 10.7 Å². The predicted molar refractivity (Wildman–Crippen MR) is 94.5 cm³/mol. The first-order valence-corrected chi connectivity index (χ1v) is 10.8. The van der Waals surface area contributed by atoms with Crippen molar-refractivity contribution in [3.8, 4) is 0 Å². The molecule has 3 rings (SSSR count). The molecule has 3 heterocycles. The van der Waals surface area contributed by atoms with Gasteiger partial charge in [-0.15, -0.1) is 11.3 Å². The molecule has 1 amide bonds. The van der Waals surface area contributed by atoms with Crippen LogP contribution in [0.25, 0.3) is 0 Å². The third-order valence-electron chi connectivity index (χ3n) is 4.48. The smallest absolute Gasteiger partial charge is 0.231 e. The highest BCUT2D eigenvalue weighted by molar-refractivity contribution is 7.73. The Hall–Kier alpha value is -0.510. The minimum atomic E-state index is -0.426. The highest BCUT2D eigenvalue weighted by Crippen LogP contribution is 2.46. The average molecular weight is 339 g/mol. The van der Waals surface area contributed by atoms with Gasteiger partial charge in [-0.25, -0.2) is 4.98 Å². The lowest BCUT2D eigenvalue weighted by atomic mass is 10.1. The van der Waals surface area contributed by atoms with Crippen molar-refractivity contribution >= 4 is 29.8 Å². The van der Waals surface area contributed by atoms with E-state index in [1.165, 1.54) is 29.6 Å². The third kappa shape index (κ3) is 3.37. The van der Waals surface area contributed by atoms with Crippen LogP contribution >= 0.6 is 19.3 Å². The van der Waals surface area contributed by atoms with Crippen LogP contribution in [0.15, 0.2) is 0 Å². The maximum absolute atomic E-state index is 12.9. The Morgan fingerprint density at radius 2 is 2.18 bits per heavy atom. The number of hydrogen-bond donors (Lipinski definition) is 1. The molecule has 1 aromatic heterocycles. The van der Waals surface area contributed by atoms with Crippen molar-refractivity contribution in [2.24, 2.45) is 0 Å². The van der Waals surface area contributed by atoms with Crippen molar-refractivity contribution in [2.75, 3.05) is 25.9 Å². The fraction of sp³-hybridized carbons (Fsp3) is 0.750. The maximum atomic E-state index is 12.9. The van der Waals surface area contributed by atoms with Gasteiger partial charge < -0.3 is 10.2 Å². The van der Waals surface area contributed by atoms with Crippen molar-refractivity contribution in [1.82, 2.24) is 15.2 Å². The fourth-order valence-corrected chi connectivity index (χ4v) is 7.82. The Kier molecular flexibility index (Phi) is 5.48. The van der Waals surface area contributed by atoms with Crippen LogP contribution in [0.5, 0.6) is 0 Å². The molecular weight excluding hydrogens is 313 g/mol. The molecular formula is C16H26N3OPS. The van der Waals surface area contributed by atoms with Crippen LogP contribution in [0.3, 0.4) is 0 Å². The van der Waals surface area contributed by atoms with E-state index in [1.807, 2.05) is 11.3 Å². The maximum Gasteiger partial charge on any atom is 0.231 e. The largest absolute Gasteiger partial charge is 0.342 e. The van der Waals surface area contributed by atoms with E-state index < -0.39 is 7.92 Å². The highest BCUT2D eigenvalue weighted by atomic mass is 32.1. The van der Waals surface area contributed by atoms with Gasteiger partial charge in [0.25, 0.3) is 0 Å². The molecule has 0 spiro atoms. The summed E-state index contributed by atoms with van der Waals surface area (Å²) in [4.78, 5) is 19.8. The number of amides is 1. The lowest BCUT2D eigenvalue weighted by Gasteiger charge is -2.30. The van der Waals surface area contributed by atoms with Gasteiger partial charge >= 0.3 is 0 Å². The van der Waals surface area contributed by atoms with Crippen LogP contribution in [0.4, 0.5) is 0 Å². The number of carbonyl (C=O) groups excluding carboxylic acids is 1. The molecule has 2 aliphatic rings. The fourth-order valence-electron chi connectivity index (χ4n) is 3.38. The number of nitrogens with zero attached hydrogens (tertiary/aromatic N) is 2. The van der Waals surface area contributed by atoms with Crippen LogP contribution in [-0.2, 0) is 11.2 Å². The molecule has 4 nitrogen and oxygen atoms in total. The van der Waals surface area contributed by atoms with E-state index in [1.54, 1.807) is 0 Å². The van der Waals surface area contributed by atoms with Gasteiger partial charge in [0.15, 0.2) is 0 Å². The van der Waals surface area contributed by atoms with E-state index in [0.29, 0.717) is 5.91 Å². The molecule has 0 aliphatic carbocycles. The van der Waals surface area contributed by atoms with E-state index in [2.05, 4.69) is 24.1 Å². The second kappa shape index (κ2) is 7.37. The summed E-state index contributed by atoms with van der Waals surface area (Å²) in [6, 6.07) is 0. The number of piperidine rings is 1. The van der Waals surface area contributed by atoms with Gasteiger partial charge in [0, 0.05) is 25.9 Å². The monoisotopic (exact) mass is 339 g/mol. The van der Waals surface area contributed by atoms with E-state index in [9.17, 15) is 4.79 Å². The summed E-state index contributed by atoms with van der Waals surface area (Å²) in [7, 11) is -0.426. The zero-order valence-electron chi connectivity index (χ0n) is 13.6. The van der Waals surface area contributed by atoms with Crippen molar-refractivity contribution in [3.63, 3.8) is 0 Å². The summed E-state index contributed by atoms with van der Waals surface area (Å²) in [5.74, 6) is 0.393. The number of rotatable bonds is 4. The molecule has 0 radical (unpaired) electrons. The third-order valence-corrected chi connectivity index (χ3v) is 8.77. The van der Waals surface area contributed by atoms with Crippen molar-refractivity contribution in [1.29, 1.82) is 0 Å². The standard InChI is InChI=1S/C16H26N3OPS/c1-3-7-13-16(22-12(2)18-13)21-11-17-10-14(21)15(20)19-8-5-4-6-9-19/h14,17H,3-11H2,1-2H3/t14?,21-/m0/s1. The molecule has 2 saturated heterocycles. The number of aryl methyl sites for hydroxylation is 2. The minimum absolute atomic E-state index is 0.170. The van der Waals surface area contributed by atoms with E-state index in [0.717, 1.165) is 43.8 Å². The van der Waals surface area contributed by atoms with Crippen LogP contribution < -0.4 is 9.94 Å². The molecule has 122 valence electrons. The Morgan fingerprint density at radius 3 is 2.91 bits per heavy atom. The summed E-state index contributed by atoms with van der Waals surface area (Å²) < 4.78 is 1.43. The summed E-state index contributed by atoms with van der Waals surface area (Å²) >= 11 is 1.83. The number of aromatic nitrogens is 1. The average Bonchev–Trinajstić information content (AvgIpc) is 3.14. The summed E-state index contributed by atoms with van der Waals surface area (Å²) in [5.41, 5.74) is 1.43.